The molecule has 0 saturated heterocycles. The minimum absolute atomic E-state index is 0.300. The van der Waals surface area contributed by atoms with Crippen LogP contribution in [0.3, 0.4) is 0 Å². The Morgan fingerprint density at radius 3 is 2.30 bits per heavy atom. The normalized spacial score (nSPS) is 10.7. The van der Waals surface area contributed by atoms with Gasteiger partial charge in [-0.15, -0.1) is 0 Å². The van der Waals surface area contributed by atoms with Gasteiger partial charge in [-0.25, -0.2) is 18.7 Å². The van der Waals surface area contributed by atoms with Crippen molar-refractivity contribution in [2.75, 3.05) is 12.4 Å². The number of rotatable bonds is 4. The highest BCUT2D eigenvalue weighted by atomic mass is 19.1. The average Bonchev–Trinajstić information content (AvgIpc) is 2.36. The van der Waals surface area contributed by atoms with Crippen LogP contribution in [0, 0.1) is 18.6 Å². The van der Waals surface area contributed by atoms with Crippen LogP contribution in [0.5, 0.6) is 0 Å². The van der Waals surface area contributed by atoms with Crippen molar-refractivity contribution >= 4 is 5.82 Å². The van der Waals surface area contributed by atoms with Crippen molar-refractivity contribution in [2.45, 2.75) is 26.7 Å². The summed E-state index contributed by atoms with van der Waals surface area (Å²) < 4.78 is 26.4. The van der Waals surface area contributed by atoms with Crippen LogP contribution in [0.15, 0.2) is 18.2 Å². The number of nitrogens with zero attached hydrogens (tertiary/aromatic N) is 2. The van der Waals surface area contributed by atoms with Gasteiger partial charge in [0, 0.05) is 30.8 Å². The molecule has 0 fully saturated rings. The molecule has 1 aromatic carbocycles. The monoisotopic (exact) mass is 277 g/mol. The highest BCUT2D eigenvalue weighted by Crippen LogP contribution is 2.18. The number of hydrogen-bond acceptors (Lipinski definition) is 3. The molecule has 2 aromatic rings. The molecule has 0 bridgehead atoms. The standard InChI is InChI=1S/C15H17F2N3/c1-4-13-9(2)19-14(20-15(13)18-3)7-10-5-11(16)8-12(17)6-10/h5-6,8H,4,7H2,1-3H3,(H,18,19,20). The Hall–Kier alpha value is -2.04. The van der Waals surface area contributed by atoms with E-state index in [2.05, 4.69) is 15.3 Å². The van der Waals surface area contributed by atoms with Gasteiger partial charge in [-0.05, 0) is 31.0 Å². The van der Waals surface area contributed by atoms with Gasteiger partial charge in [0.05, 0.1) is 0 Å². The van der Waals surface area contributed by atoms with Gasteiger partial charge in [-0.3, -0.25) is 0 Å². The quantitative estimate of drug-likeness (QED) is 0.932. The van der Waals surface area contributed by atoms with Crippen LogP contribution in [0.4, 0.5) is 14.6 Å². The lowest BCUT2D eigenvalue weighted by Gasteiger charge is -2.11. The molecule has 0 amide bonds. The molecule has 0 atom stereocenters. The SMILES string of the molecule is CCc1c(C)nc(Cc2cc(F)cc(F)c2)nc1NC. The highest BCUT2D eigenvalue weighted by molar-refractivity contribution is 5.46. The summed E-state index contributed by atoms with van der Waals surface area (Å²) in [6.45, 7) is 3.95. The third-order valence-electron chi connectivity index (χ3n) is 3.14. The third-order valence-corrected chi connectivity index (χ3v) is 3.14. The maximum Gasteiger partial charge on any atom is 0.135 e. The summed E-state index contributed by atoms with van der Waals surface area (Å²) in [6, 6.07) is 3.46. The van der Waals surface area contributed by atoms with Crippen molar-refractivity contribution in [3.8, 4) is 0 Å². The van der Waals surface area contributed by atoms with Gasteiger partial charge in [0.1, 0.15) is 23.3 Å². The smallest absolute Gasteiger partial charge is 0.135 e. The second-order valence-electron chi connectivity index (χ2n) is 4.61. The van der Waals surface area contributed by atoms with E-state index < -0.39 is 11.6 Å². The Labute approximate surface area is 117 Å². The zero-order valence-electron chi connectivity index (χ0n) is 11.8. The van der Waals surface area contributed by atoms with Gasteiger partial charge in [-0.2, -0.15) is 0 Å². The van der Waals surface area contributed by atoms with Crippen LogP contribution in [0.1, 0.15) is 29.6 Å². The number of aryl methyl sites for hydroxylation is 1. The predicted molar refractivity (Wildman–Crippen MR) is 74.9 cm³/mol. The van der Waals surface area contributed by atoms with Crippen LogP contribution < -0.4 is 5.32 Å². The Bertz CT molecular complexity index is 607. The maximum absolute atomic E-state index is 13.2. The van der Waals surface area contributed by atoms with E-state index in [1.54, 1.807) is 7.05 Å². The molecule has 20 heavy (non-hydrogen) atoms. The van der Waals surface area contributed by atoms with E-state index in [0.29, 0.717) is 17.8 Å². The molecule has 3 nitrogen and oxygen atoms in total. The summed E-state index contributed by atoms with van der Waals surface area (Å²) in [6.07, 6.45) is 1.13. The van der Waals surface area contributed by atoms with E-state index in [1.807, 2.05) is 13.8 Å². The Morgan fingerprint density at radius 2 is 1.75 bits per heavy atom. The molecule has 0 aliphatic carbocycles. The first kappa shape index (κ1) is 14.4. The lowest BCUT2D eigenvalue weighted by atomic mass is 10.1. The summed E-state index contributed by atoms with van der Waals surface area (Å²) in [4.78, 5) is 8.82. The fourth-order valence-electron chi connectivity index (χ4n) is 2.26. The molecule has 0 unspecified atom stereocenters. The number of halogens is 2. The second kappa shape index (κ2) is 5.94. The van der Waals surface area contributed by atoms with Crippen LogP contribution >= 0.6 is 0 Å². The average molecular weight is 277 g/mol. The lowest BCUT2D eigenvalue weighted by Crippen LogP contribution is -2.07. The van der Waals surface area contributed by atoms with Gasteiger partial charge in [0.2, 0.25) is 0 Å². The van der Waals surface area contributed by atoms with Crippen LogP contribution in [0.25, 0.3) is 0 Å². The fraction of sp³-hybridized carbons (Fsp3) is 0.333. The first-order valence-corrected chi connectivity index (χ1v) is 6.52. The van der Waals surface area contributed by atoms with E-state index in [-0.39, 0.29) is 0 Å². The minimum Gasteiger partial charge on any atom is -0.373 e. The summed E-state index contributed by atoms with van der Waals surface area (Å²) in [7, 11) is 1.80. The van der Waals surface area contributed by atoms with Gasteiger partial charge >= 0.3 is 0 Å². The number of hydrogen-bond donors (Lipinski definition) is 1. The van der Waals surface area contributed by atoms with Crippen LogP contribution in [-0.2, 0) is 12.8 Å². The number of nitrogens with one attached hydrogen (secondary N) is 1. The molecule has 0 saturated carbocycles. The van der Waals surface area contributed by atoms with Crippen molar-refractivity contribution < 1.29 is 8.78 Å². The summed E-state index contributed by atoms with van der Waals surface area (Å²) in [5.74, 6) is 0.146. The molecule has 106 valence electrons. The van der Waals surface area contributed by atoms with E-state index in [0.717, 1.165) is 29.6 Å². The van der Waals surface area contributed by atoms with E-state index in [4.69, 9.17) is 0 Å². The Kier molecular flexibility index (Phi) is 4.27. The maximum atomic E-state index is 13.2. The van der Waals surface area contributed by atoms with Crippen molar-refractivity contribution in [2.24, 2.45) is 0 Å². The predicted octanol–water partition coefficient (Wildman–Crippen LogP) is 3.26. The largest absolute Gasteiger partial charge is 0.373 e. The Morgan fingerprint density at radius 1 is 1.10 bits per heavy atom. The summed E-state index contributed by atoms with van der Waals surface area (Å²) in [5, 5.41) is 3.04. The van der Waals surface area contributed by atoms with Crippen LogP contribution in [-0.4, -0.2) is 17.0 Å². The summed E-state index contributed by atoms with van der Waals surface area (Å²) in [5.41, 5.74) is 2.47. The zero-order valence-corrected chi connectivity index (χ0v) is 11.8. The minimum atomic E-state index is -0.587. The molecule has 0 aliphatic heterocycles. The van der Waals surface area contributed by atoms with Gasteiger partial charge in [-0.1, -0.05) is 6.92 Å². The van der Waals surface area contributed by atoms with Crippen LogP contribution in [0.2, 0.25) is 0 Å². The number of anilines is 1. The zero-order chi connectivity index (χ0) is 14.7. The molecule has 1 heterocycles. The van der Waals surface area contributed by atoms with E-state index >= 15 is 0 Å². The summed E-state index contributed by atoms with van der Waals surface area (Å²) >= 11 is 0. The first-order chi connectivity index (χ1) is 9.53. The molecule has 0 aliphatic rings. The number of benzene rings is 1. The molecule has 1 aromatic heterocycles. The lowest BCUT2D eigenvalue weighted by molar-refractivity contribution is 0.580. The second-order valence-corrected chi connectivity index (χ2v) is 4.61. The van der Waals surface area contributed by atoms with E-state index in [9.17, 15) is 8.78 Å². The van der Waals surface area contributed by atoms with Crippen molar-refractivity contribution in [3.05, 3.63) is 52.5 Å². The molecule has 1 N–H and O–H groups in total. The third kappa shape index (κ3) is 3.10. The van der Waals surface area contributed by atoms with Crippen molar-refractivity contribution in [3.63, 3.8) is 0 Å². The molecular formula is C15H17F2N3. The van der Waals surface area contributed by atoms with Crippen molar-refractivity contribution in [1.82, 2.24) is 9.97 Å². The topological polar surface area (TPSA) is 37.8 Å². The molecule has 0 radical (unpaired) electrons. The van der Waals surface area contributed by atoms with Crippen molar-refractivity contribution in [1.29, 1.82) is 0 Å². The van der Waals surface area contributed by atoms with Gasteiger partial charge < -0.3 is 5.32 Å². The molecule has 5 heteroatoms. The molecule has 0 spiro atoms. The van der Waals surface area contributed by atoms with Gasteiger partial charge in [0.25, 0.3) is 0 Å². The number of aromatic nitrogens is 2. The van der Waals surface area contributed by atoms with E-state index in [1.165, 1.54) is 12.1 Å². The highest BCUT2D eigenvalue weighted by Gasteiger charge is 2.10. The first-order valence-electron chi connectivity index (χ1n) is 6.52. The molecular weight excluding hydrogens is 260 g/mol. The molecule has 2 rings (SSSR count). The van der Waals surface area contributed by atoms with Gasteiger partial charge in [0.15, 0.2) is 0 Å². The Balaban J connectivity index is 2.36. The fourth-order valence-corrected chi connectivity index (χ4v) is 2.26.